The first-order valence-electron chi connectivity index (χ1n) is 7.95. The van der Waals surface area contributed by atoms with E-state index >= 15 is 0 Å². The van der Waals surface area contributed by atoms with Crippen LogP contribution in [-0.4, -0.2) is 43.5 Å². The lowest BCUT2D eigenvalue weighted by Crippen LogP contribution is -2.41. The molecule has 2 unspecified atom stereocenters. The number of amides is 1. The summed E-state index contributed by atoms with van der Waals surface area (Å²) in [6.07, 6.45) is 2.56. The number of carbonyl (C=O) groups excluding carboxylic acids is 1. The first kappa shape index (κ1) is 15.8. The summed E-state index contributed by atoms with van der Waals surface area (Å²) >= 11 is 0. The first-order valence-corrected chi connectivity index (χ1v) is 7.95. The number of nitrogens with one attached hydrogen (secondary N) is 2. The fraction of sp³-hybridized carbons (Fsp3) is 0.588. The lowest BCUT2D eigenvalue weighted by atomic mass is 9.91. The molecule has 1 fully saturated rings. The summed E-state index contributed by atoms with van der Waals surface area (Å²) in [5, 5.41) is 6.23. The van der Waals surface area contributed by atoms with Crippen molar-refractivity contribution < 1.29 is 4.79 Å². The highest BCUT2D eigenvalue weighted by atomic mass is 16.1. The van der Waals surface area contributed by atoms with Crippen LogP contribution >= 0.6 is 0 Å². The molecule has 4 nitrogen and oxygen atoms in total. The fourth-order valence-corrected chi connectivity index (χ4v) is 3.06. The largest absolute Gasteiger partial charge is 0.382 e. The van der Waals surface area contributed by atoms with Gasteiger partial charge in [0.1, 0.15) is 0 Å². The molecular formula is C17H27N3O. The normalized spacial score (nSPS) is 20.8. The van der Waals surface area contributed by atoms with E-state index < -0.39 is 0 Å². The van der Waals surface area contributed by atoms with Crippen molar-refractivity contribution in [1.82, 2.24) is 10.2 Å². The maximum absolute atomic E-state index is 11.7. The molecule has 0 saturated carbocycles. The van der Waals surface area contributed by atoms with Crippen molar-refractivity contribution in [3.05, 3.63) is 29.8 Å². The highest BCUT2D eigenvalue weighted by Crippen LogP contribution is 2.22. The van der Waals surface area contributed by atoms with Gasteiger partial charge in [0, 0.05) is 30.9 Å². The maximum atomic E-state index is 11.7. The zero-order chi connectivity index (χ0) is 15.2. The molecule has 0 bridgehead atoms. The van der Waals surface area contributed by atoms with Gasteiger partial charge in [0.05, 0.1) is 0 Å². The third kappa shape index (κ3) is 4.21. The summed E-state index contributed by atoms with van der Waals surface area (Å²) in [6.45, 7) is 8.00. The van der Waals surface area contributed by atoms with E-state index in [1.807, 2.05) is 24.3 Å². The van der Waals surface area contributed by atoms with E-state index in [9.17, 15) is 4.79 Å². The molecule has 0 radical (unpaired) electrons. The highest BCUT2D eigenvalue weighted by Gasteiger charge is 2.23. The summed E-state index contributed by atoms with van der Waals surface area (Å²) in [5.74, 6) is 0.628. The number of anilines is 1. The third-order valence-electron chi connectivity index (χ3n) is 4.44. The molecular weight excluding hydrogens is 262 g/mol. The Morgan fingerprint density at radius 2 is 2.29 bits per heavy atom. The van der Waals surface area contributed by atoms with Crippen LogP contribution in [0.5, 0.6) is 0 Å². The average Bonchev–Trinajstić information content (AvgIpc) is 2.54. The Bertz CT molecular complexity index is 475. The molecule has 1 aromatic carbocycles. The van der Waals surface area contributed by atoms with Gasteiger partial charge < -0.3 is 15.5 Å². The SMILES string of the molecule is CCN1CCCC(C(C)Nc2cccc(C(=O)NC)c2)C1. The number of benzene rings is 1. The van der Waals surface area contributed by atoms with Crippen LogP contribution in [0.4, 0.5) is 5.69 Å². The van der Waals surface area contributed by atoms with Gasteiger partial charge in [-0.15, -0.1) is 0 Å². The number of nitrogens with zero attached hydrogens (tertiary/aromatic N) is 1. The molecule has 0 spiro atoms. The smallest absolute Gasteiger partial charge is 0.251 e. The Kier molecular flexibility index (Phi) is 5.62. The predicted molar refractivity (Wildman–Crippen MR) is 87.8 cm³/mol. The van der Waals surface area contributed by atoms with Crippen LogP contribution < -0.4 is 10.6 Å². The van der Waals surface area contributed by atoms with E-state index in [2.05, 4.69) is 29.4 Å². The Hall–Kier alpha value is -1.55. The van der Waals surface area contributed by atoms with E-state index in [1.54, 1.807) is 7.05 Å². The number of likely N-dealkylation sites (tertiary alicyclic amines) is 1. The third-order valence-corrected chi connectivity index (χ3v) is 4.44. The van der Waals surface area contributed by atoms with Crippen LogP contribution in [0.1, 0.15) is 37.0 Å². The second-order valence-corrected chi connectivity index (χ2v) is 5.89. The fourth-order valence-electron chi connectivity index (χ4n) is 3.06. The molecule has 0 aromatic heterocycles. The lowest BCUT2D eigenvalue weighted by Gasteiger charge is -2.35. The first-order chi connectivity index (χ1) is 10.1. The van der Waals surface area contributed by atoms with Crippen LogP contribution in [0.25, 0.3) is 0 Å². The van der Waals surface area contributed by atoms with Gasteiger partial charge in [-0.2, -0.15) is 0 Å². The average molecular weight is 289 g/mol. The van der Waals surface area contributed by atoms with Crippen molar-refractivity contribution >= 4 is 11.6 Å². The number of hydrogen-bond donors (Lipinski definition) is 2. The zero-order valence-electron chi connectivity index (χ0n) is 13.4. The van der Waals surface area contributed by atoms with Crippen LogP contribution in [0.3, 0.4) is 0 Å². The van der Waals surface area contributed by atoms with Crippen molar-refractivity contribution in [2.75, 3.05) is 32.0 Å². The monoisotopic (exact) mass is 289 g/mol. The minimum Gasteiger partial charge on any atom is -0.382 e. The summed E-state index contributed by atoms with van der Waals surface area (Å²) in [4.78, 5) is 14.2. The summed E-state index contributed by atoms with van der Waals surface area (Å²) in [5.41, 5.74) is 1.73. The van der Waals surface area contributed by atoms with Crippen molar-refractivity contribution in [1.29, 1.82) is 0 Å². The molecule has 1 aliphatic heterocycles. The van der Waals surface area contributed by atoms with Gasteiger partial charge >= 0.3 is 0 Å². The Morgan fingerprint density at radius 1 is 1.48 bits per heavy atom. The predicted octanol–water partition coefficient (Wildman–Crippen LogP) is 2.58. The Morgan fingerprint density at radius 3 is 3.00 bits per heavy atom. The summed E-state index contributed by atoms with van der Waals surface area (Å²) in [7, 11) is 1.66. The molecule has 1 aliphatic rings. The number of piperidine rings is 1. The molecule has 0 aliphatic carbocycles. The lowest BCUT2D eigenvalue weighted by molar-refractivity contribution is 0.0963. The van der Waals surface area contributed by atoms with Crippen LogP contribution in [0.15, 0.2) is 24.3 Å². The van der Waals surface area contributed by atoms with Gasteiger partial charge in [-0.3, -0.25) is 4.79 Å². The number of carbonyl (C=O) groups is 1. The molecule has 2 atom stereocenters. The summed E-state index contributed by atoms with van der Waals surface area (Å²) < 4.78 is 0. The molecule has 4 heteroatoms. The van der Waals surface area contributed by atoms with E-state index in [0.717, 1.165) is 12.2 Å². The minimum atomic E-state index is -0.0406. The molecule has 1 heterocycles. The van der Waals surface area contributed by atoms with E-state index in [-0.39, 0.29) is 5.91 Å². The molecule has 1 amide bonds. The van der Waals surface area contributed by atoms with Crippen LogP contribution in [0, 0.1) is 5.92 Å². The Balaban J connectivity index is 1.98. The molecule has 2 N–H and O–H groups in total. The van der Waals surface area contributed by atoms with Gasteiger partial charge in [0.2, 0.25) is 0 Å². The van der Waals surface area contributed by atoms with Crippen LogP contribution in [0.2, 0.25) is 0 Å². The molecule has 21 heavy (non-hydrogen) atoms. The van der Waals surface area contributed by atoms with E-state index in [0.29, 0.717) is 17.5 Å². The highest BCUT2D eigenvalue weighted by molar-refractivity contribution is 5.94. The number of hydrogen-bond acceptors (Lipinski definition) is 3. The zero-order valence-corrected chi connectivity index (χ0v) is 13.4. The van der Waals surface area contributed by atoms with Gasteiger partial charge in [-0.1, -0.05) is 13.0 Å². The Labute approximate surface area is 127 Å². The summed E-state index contributed by atoms with van der Waals surface area (Å²) in [6, 6.07) is 8.14. The molecule has 1 saturated heterocycles. The quantitative estimate of drug-likeness (QED) is 0.875. The standard InChI is InChI=1S/C17H27N3O/c1-4-20-10-6-8-15(12-20)13(2)19-16-9-5-7-14(11-16)17(21)18-3/h5,7,9,11,13,15,19H,4,6,8,10,12H2,1-3H3,(H,18,21). The maximum Gasteiger partial charge on any atom is 0.251 e. The van der Waals surface area contributed by atoms with Crippen LogP contribution in [-0.2, 0) is 0 Å². The van der Waals surface area contributed by atoms with Gasteiger partial charge in [0.25, 0.3) is 5.91 Å². The second kappa shape index (κ2) is 7.46. The topological polar surface area (TPSA) is 44.4 Å². The van der Waals surface area contributed by atoms with E-state index in [4.69, 9.17) is 0 Å². The van der Waals surface area contributed by atoms with Gasteiger partial charge in [-0.05, 0) is 57.0 Å². The molecule has 2 rings (SSSR count). The van der Waals surface area contributed by atoms with Crippen molar-refractivity contribution in [3.8, 4) is 0 Å². The van der Waals surface area contributed by atoms with Crippen molar-refractivity contribution in [2.24, 2.45) is 5.92 Å². The minimum absolute atomic E-state index is 0.0406. The van der Waals surface area contributed by atoms with Crippen molar-refractivity contribution in [2.45, 2.75) is 32.7 Å². The van der Waals surface area contributed by atoms with Gasteiger partial charge in [0.15, 0.2) is 0 Å². The molecule has 116 valence electrons. The van der Waals surface area contributed by atoms with Crippen molar-refractivity contribution in [3.63, 3.8) is 0 Å². The van der Waals surface area contributed by atoms with Gasteiger partial charge in [-0.25, -0.2) is 0 Å². The number of rotatable bonds is 5. The van der Waals surface area contributed by atoms with E-state index in [1.165, 1.54) is 25.9 Å². The second-order valence-electron chi connectivity index (χ2n) is 5.89. The molecule has 1 aromatic rings.